The second-order valence-electron chi connectivity index (χ2n) is 7.79. The summed E-state index contributed by atoms with van der Waals surface area (Å²) in [4.78, 5) is 19.0. The summed E-state index contributed by atoms with van der Waals surface area (Å²) in [7, 11) is 1.85. The number of amides is 1. The number of pyridine rings is 1. The van der Waals surface area contributed by atoms with Crippen LogP contribution in [-0.2, 0) is 4.79 Å². The normalized spacial score (nSPS) is 24.4. The zero-order chi connectivity index (χ0) is 19.9. The van der Waals surface area contributed by atoms with E-state index in [2.05, 4.69) is 10.3 Å². The molecule has 1 amide bonds. The Balaban J connectivity index is 1.68. The Hall–Kier alpha value is -2.47. The van der Waals surface area contributed by atoms with Crippen LogP contribution in [-0.4, -0.2) is 41.5 Å². The number of halogens is 1. The highest BCUT2D eigenvalue weighted by atomic mass is 19.1. The van der Waals surface area contributed by atoms with Crippen LogP contribution in [0.15, 0.2) is 30.5 Å². The molecule has 2 saturated heterocycles. The molecule has 1 spiro atoms. The Morgan fingerprint density at radius 1 is 1.32 bits per heavy atom. The SMILES string of the molecule is CCOc1ccc(F)cc1-c1cc([C@@H]2CC[C@]3(CCN(C)C3=O)N2)ncc1C. The van der Waals surface area contributed by atoms with E-state index in [4.69, 9.17) is 4.74 Å². The largest absolute Gasteiger partial charge is 0.493 e. The summed E-state index contributed by atoms with van der Waals surface area (Å²) in [5.41, 5.74) is 3.02. The fourth-order valence-corrected chi connectivity index (χ4v) is 4.40. The first-order valence-corrected chi connectivity index (χ1v) is 9.86. The van der Waals surface area contributed by atoms with E-state index in [9.17, 15) is 9.18 Å². The number of ether oxygens (including phenoxy) is 1. The van der Waals surface area contributed by atoms with Gasteiger partial charge < -0.3 is 9.64 Å². The molecule has 28 heavy (non-hydrogen) atoms. The molecule has 0 aliphatic carbocycles. The van der Waals surface area contributed by atoms with E-state index in [-0.39, 0.29) is 17.8 Å². The molecule has 0 unspecified atom stereocenters. The van der Waals surface area contributed by atoms with Crippen LogP contribution in [0.2, 0.25) is 0 Å². The lowest BCUT2D eigenvalue weighted by atomic mass is 9.96. The Morgan fingerprint density at radius 3 is 2.86 bits per heavy atom. The second kappa shape index (κ2) is 7.17. The van der Waals surface area contributed by atoms with Crippen molar-refractivity contribution in [2.24, 2.45) is 0 Å². The van der Waals surface area contributed by atoms with Crippen LogP contribution >= 0.6 is 0 Å². The first kappa shape index (κ1) is 18.9. The zero-order valence-corrected chi connectivity index (χ0v) is 16.6. The van der Waals surface area contributed by atoms with Gasteiger partial charge in [0.15, 0.2) is 0 Å². The minimum Gasteiger partial charge on any atom is -0.493 e. The maximum absolute atomic E-state index is 14.0. The van der Waals surface area contributed by atoms with Crippen molar-refractivity contribution in [3.63, 3.8) is 0 Å². The number of hydrogen-bond donors (Lipinski definition) is 1. The molecule has 2 aromatic rings. The molecule has 1 aromatic heterocycles. The Labute approximate surface area is 164 Å². The summed E-state index contributed by atoms with van der Waals surface area (Å²) in [5.74, 6) is 0.535. The van der Waals surface area contributed by atoms with Crippen LogP contribution in [0.4, 0.5) is 4.39 Å². The number of aromatic nitrogens is 1. The standard InChI is InChI=1S/C22H26FN3O2/c1-4-28-20-6-5-15(23)11-17(20)16-12-19(24-13-14(16)2)18-7-8-22(25-18)9-10-26(3)21(22)27/h5-6,11-13,18,25H,4,7-10H2,1-3H3/t18-,22+/m0/s1. The third-order valence-corrected chi connectivity index (χ3v) is 5.95. The number of carbonyl (C=O) groups excluding carboxylic acids is 1. The second-order valence-corrected chi connectivity index (χ2v) is 7.79. The zero-order valence-electron chi connectivity index (χ0n) is 16.6. The van der Waals surface area contributed by atoms with Gasteiger partial charge in [0.25, 0.3) is 0 Å². The molecule has 148 valence electrons. The first-order valence-electron chi connectivity index (χ1n) is 9.86. The summed E-state index contributed by atoms with van der Waals surface area (Å²) in [6.45, 7) is 5.17. The lowest BCUT2D eigenvalue weighted by Gasteiger charge is -2.23. The molecule has 0 saturated carbocycles. The third kappa shape index (κ3) is 3.15. The number of carbonyl (C=O) groups is 1. The number of aryl methyl sites for hydroxylation is 1. The van der Waals surface area contributed by atoms with E-state index in [0.717, 1.165) is 48.2 Å². The maximum atomic E-state index is 14.0. The number of nitrogens with zero attached hydrogens (tertiary/aromatic N) is 2. The molecule has 5 nitrogen and oxygen atoms in total. The molecule has 3 heterocycles. The molecule has 0 bridgehead atoms. The molecule has 1 aromatic carbocycles. The Bertz CT molecular complexity index is 917. The van der Waals surface area contributed by atoms with Crippen LogP contribution in [0, 0.1) is 12.7 Å². The molecule has 1 N–H and O–H groups in total. The average molecular weight is 383 g/mol. The lowest BCUT2D eigenvalue weighted by molar-refractivity contribution is -0.131. The lowest BCUT2D eigenvalue weighted by Crippen LogP contribution is -2.47. The van der Waals surface area contributed by atoms with Crippen molar-refractivity contribution >= 4 is 5.91 Å². The van der Waals surface area contributed by atoms with E-state index < -0.39 is 5.54 Å². The monoisotopic (exact) mass is 383 g/mol. The van der Waals surface area contributed by atoms with Gasteiger partial charge in [0.1, 0.15) is 17.1 Å². The van der Waals surface area contributed by atoms with Gasteiger partial charge >= 0.3 is 0 Å². The highest BCUT2D eigenvalue weighted by Crippen LogP contribution is 2.40. The van der Waals surface area contributed by atoms with Gasteiger partial charge in [0, 0.05) is 25.4 Å². The number of likely N-dealkylation sites (N-methyl/N-ethyl adjacent to an activating group) is 1. The predicted octanol–water partition coefficient (Wildman–Crippen LogP) is 3.62. The van der Waals surface area contributed by atoms with Gasteiger partial charge in [0.2, 0.25) is 5.91 Å². The van der Waals surface area contributed by atoms with Crippen molar-refractivity contribution in [3.8, 4) is 16.9 Å². The summed E-state index contributed by atoms with van der Waals surface area (Å²) in [6.07, 6.45) is 4.32. The number of rotatable bonds is 4. The van der Waals surface area contributed by atoms with Crippen LogP contribution in [0.5, 0.6) is 5.75 Å². The van der Waals surface area contributed by atoms with Gasteiger partial charge in [-0.05, 0) is 68.5 Å². The summed E-state index contributed by atoms with van der Waals surface area (Å²) in [6, 6.07) is 6.61. The van der Waals surface area contributed by atoms with E-state index in [0.29, 0.717) is 12.4 Å². The van der Waals surface area contributed by atoms with Crippen molar-refractivity contribution < 1.29 is 13.9 Å². The molecule has 2 aliphatic heterocycles. The van der Waals surface area contributed by atoms with Crippen molar-refractivity contribution in [2.45, 2.75) is 44.7 Å². The van der Waals surface area contributed by atoms with Gasteiger partial charge in [-0.1, -0.05) is 0 Å². The highest BCUT2D eigenvalue weighted by Gasteiger charge is 2.50. The van der Waals surface area contributed by atoms with Gasteiger partial charge in [-0.25, -0.2) is 4.39 Å². The van der Waals surface area contributed by atoms with Crippen molar-refractivity contribution in [1.82, 2.24) is 15.2 Å². The van der Waals surface area contributed by atoms with Crippen LogP contribution in [0.25, 0.3) is 11.1 Å². The van der Waals surface area contributed by atoms with E-state index >= 15 is 0 Å². The number of benzene rings is 1. The van der Waals surface area contributed by atoms with Crippen molar-refractivity contribution in [3.05, 3.63) is 47.5 Å². The topological polar surface area (TPSA) is 54.5 Å². The summed E-state index contributed by atoms with van der Waals surface area (Å²) < 4.78 is 19.7. The van der Waals surface area contributed by atoms with Crippen LogP contribution in [0.3, 0.4) is 0 Å². The van der Waals surface area contributed by atoms with Gasteiger partial charge in [-0.2, -0.15) is 0 Å². The first-order chi connectivity index (χ1) is 13.4. The molecule has 2 fully saturated rings. The van der Waals surface area contributed by atoms with E-state index in [1.165, 1.54) is 12.1 Å². The predicted molar refractivity (Wildman–Crippen MR) is 106 cm³/mol. The highest BCUT2D eigenvalue weighted by molar-refractivity contribution is 5.88. The van der Waals surface area contributed by atoms with Crippen molar-refractivity contribution in [2.75, 3.05) is 20.2 Å². The van der Waals surface area contributed by atoms with Gasteiger partial charge in [-0.15, -0.1) is 0 Å². The quantitative estimate of drug-likeness (QED) is 0.876. The molecule has 2 aliphatic rings. The van der Waals surface area contributed by atoms with Gasteiger partial charge in [0.05, 0.1) is 18.3 Å². The number of likely N-dealkylation sites (tertiary alicyclic amines) is 1. The van der Waals surface area contributed by atoms with Crippen molar-refractivity contribution in [1.29, 1.82) is 0 Å². The summed E-state index contributed by atoms with van der Waals surface area (Å²) in [5, 5.41) is 3.55. The minimum absolute atomic E-state index is 0.0129. The van der Waals surface area contributed by atoms with E-state index in [1.807, 2.05) is 33.2 Å². The number of nitrogens with one attached hydrogen (secondary N) is 1. The van der Waals surface area contributed by atoms with Gasteiger partial charge in [-0.3, -0.25) is 15.1 Å². The number of hydrogen-bond acceptors (Lipinski definition) is 4. The summed E-state index contributed by atoms with van der Waals surface area (Å²) >= 11 is 0. The third-order valence-electron chi connectivity index (χ3n) is 5.95. The fraction of sp³-hybridized carbons (Fsp3) is 0.455. The molecular formula is C22H26FN3O2. The van der Waals surface area contributed by atoms with Crippen LogP contribution < -0.4 is 10.1 Å². The fourth-order valence-electron chi connectivity index (χ4n) is 4.40. The molecule has 0 radical (unpaired) electrons. The molecule has 6 heteroatoms. The Kier molecular flexibility index (Phi) is 4.83. The Morgan fingerprint density at radius 2 is 2.14 bits per heavy atom. The smallest absolute Gasteiger partial charge is 0.242 e. The molecule has 4 rings (SSSR count). The molecule has 2 atom stereocenters. The van der Waals surface area contributed by atoms with E-state index in [1.54, 1.807) is 11.0 Å². The average Bonchev–Trinajstić information content (AvgIpc) is 3.24. The molecular weight excluding hydrogens is 357 g/mol. The minimum atomic E-state index is -0.457. The van der Waals surface area contributed by atoms with Crippen LogP contribution in [0.1, 0.15) is 43.5 Å². The maximum Gasteiger partial charge on any atom is 0.242 e.